The molecule has 0 radical (unpaired) electrons. The fourth-order valence-corrected chi connectivity index (χ4v) is 1.09. The molecule has 0 aromatic heterocycles. The van der Waals surface area contributed by atoms with Crippen LogP contribution in [0.15, 0.2) is 0 Å². The molecule has 0 saturated heterocycles. The van der Waals surface area contributed by atoms with Gasteiger partial charge in [0.05, 0.1) is 12.7 Å². The van der Waals surface area contributed by atoms with Gasteiger partial charge in [0.1, 0.15) is 0 Å². The molecule has 0 aliphatic rings. The van der Waals surface area contributed by atoms with Crippen LogP contribution in [-0.2, 0) is 4.79 Å². The van der Waals surface area contributed by atoms with E-state index < -0.39 is 6.10 Å². The quantitative estimate of drug-likeness (QED) is 0.546. The van der Waals surface area contributed by atoms with Crippen molar-refractivity contribution in [2.45, 2.75) is 32.8 Å². The third-order valence-electron chi connectivity index (χ3n) is 2.08. The molecule has 0 aliphatic heterocycles. The minimum atomic E-state index is -0.849. The Morgan fingerprint density at radius 3 is 2.31 bits per heavy atom. The van der Waals surface area contributed by atoms with Gasteiger partial charge in [-0.25, -0.2) is 0 Å². The second-order valence-electron chi connectivity index (χ2n) is 3.09. The Morgan fingerprint density at radius 2 is 1.92 bits per heavy atom. The number of amides is 1. The highest BCUT2D eigenvalue weighted by atomic mass is 16.3. The van der Waals surface area contributed by atoms with E-state index in [-0.39, 0.29) is 25.0 Å². The zero-order valence-corrected chi connectivity index (χ0v) is 8.29. The molecule has 3 N–H and O–H groups in total. The van der Waals surface area contributed by atoms with E-state index in [1.54, 1.807) is 0 Å². The number of aliphatic hydroxyl groups excluding tert-OH is 2. The van der Waals surface area contributed by atoms with Gasteiger partial charge in [0, 0.05) is 12.5 Å². The fraction of sp³-hybridized carbons (Fsp3) is 0.889. The molecule has 0 saturated carbocycles. The molecule has 0 aromatic carbocycles. The molecule has 0 aromatic rings. The molecule has 0 spiro atoms. The summed E-state index contributed by atoms with van der Waals surface area (Å²) in [6.45, 7) is 3.72. The van der Waals surface area contributed by atoms with Gasteiger partial charge in [0.25, 0.3) is 0 Å². The molecule has 0 rings (SSSR count). The van der Waals surface area contributed by atoms with Crippen LogP contribution in [0.3, 0.4) is 0 Å². The summed E-state index contributed by atoms with van der Waals surface area (Å²) in [6, 6.07) is 0. The van der Waals surface area contributed by atoms with Crippen molar-refractivity contribution >= 4 is 5.91 Å². The lowest BCUT2D eigenvalue weighted by atomic mass is 10.0. The van der Waals surface area contributed by atoms with E-state index >= 15 is 0 Å². The van der Waals surface area contributed by atoms with Crippen LogP contribution < -0.4 is 5.32 Å². The van der Waals surface area contributed by atoms with Crippen molar-refractivity contribution in [3.05, 3.63) is 0 Å². The van der Waals surface area contributed by atoms with Crippen molar-refractivity contribution < 1.29 is 15.0 Å². The van der Waals surface area contributed by atoms with Gasteiger partial charge in [-0.1, -0.05) is 13.8 Å². The molecule has 0 bridgehead atoms. The summed E-state index contributed by atoms with van der Waals surface area (Å²) >= 11 is 0. The molecule has 1 atom stereocenters. The summed E-state index contributed by atoms with van der Waals surface area (Å²) in [5, 5.41) is 20.1. The molecule has 0 fully saturated rings. The first-order chi connectivity index (χ1) is 6.15. The van der Waals surface area contributed by atoms with Crippen molar-refractivity contribution in [2.24, 2.45) is 5.92 Å². The lowest BCUT2D eigenvalue weighted by Gasteiger charge is -2.14. The van der Waals surface area contributed by atoms with E-state index in [1.807, 2.05) is 13.8 Å². The van der Waals surface area contributed by atoms with Crippen LogP contribution in [-0.4, -0.2) is 35.4 Å². The first-order valence-electron chi connectivity index (χ1n) is 4.72. The van der Waals surface area contributed by atoms with Crippen LogP contribution in [0.25, 0.3) is 0 Å². The Kier molecular flexibility index (Phi) is 6.54. The van der Waals surface area contributed by atoms with Crippen LogP contribution in [0, 0.1) is 5.92 Å². The molecule has 0 aliphatic carbocycles. The van der Waals surface area contributed by atoms with Gasteiger partial charge in [-0.15, -0.1) is 0 Å². The van der Waals surface area contributed by atoms with E-state index in [0.717, 1.165) is 12.8 Å². The highest BCUT2D eigenvalue weighted by molar-refractivity contribution is 5.78. The number of carbonyl (C=O) groups is 1. The second kappa shape index (κ2) is 6.86. The van der Waals surface area contributed by atoms with Gasteiger partial charge in [0.2, 0.25) is 5.91 Å². The van der Waals surface area contributed by atoms with Crippen LogP contribution in [0.4, 0.5) is 0 Å². The largest absolute Gasteiger partial charge is 0.394 e. The van der Waals surface area contributed by atoms with E-state index in [0.29, 0.717) is 0 Å². The summed E-state index contributed by atoms with van der Waals surface area (Å²) in [7, 11) is 0. The minimum Gasteiger partial charge on any atom is -0.394 e. The third-order valence-corrected chi connectivity index (χ3v) is 2.08. The number of hydrogen-bond acceptors (Lipinski definition) is 3. The summed E-state index contributed by atoms with van der Waals surface area (Å²) in [5.74, 6) is -0.0246. The zero-order chi connectivity index (χ0) is 10.3. The van der Waals surface area contributed by atoms with E-state index in [2.05, 4.69) is 5.32 Å². The van der Waals surface area contributed by atoms with Gasteiger partial charge >= 0.3 is 0 Å². The van der Waals surface area contributed by atoms with Crippen LogP contribution in [0.1, 0.15) is 26.7 Å². The normalized spacial score (nSPS) is 13.0. The molecule has 78 valence electrons. The van der Waals surface area contributed by atoms with Crippen LogP contribution in [0.2, 0.25) is 0 Å². The first kappa shape index (κ1) is 12.4. The standard InChI is InChI=1S/C9H19NO3/c1-3-7(4-2)9(13)10-5-8(12)6-11/h7-8,11-12H,3-6H2,1-2H3,(H,10,13). The van der Waals surface area contributed by atoms with Crippen molar-refractivity contribution in [1.29, 1.82) is 0 Å². The average molecular weight is 189 g/mol. The maximum atomic E-state index is 11.3. The van der Waals surface area contributed by atoms with Crippen LogP contribution >= 0.6 is 0 Å². The summed E-state index contributed by atoms with van der Waals surface area (Å²) in [4.78, 5) is 11.3. The molecule has 1 unspecified atom stereocenters. The minimum absolute atomic E-state index is 0.0193. The van der Waals surface area contributed by atoms with E-state index in [9.17, 15) is 4.79 Å². The first-order valence-corrected chi connectivity index (χ1v) is 4.72. The predicted molar refractivity (Wildman–Crippen MR) is 50.2 cm³/mol. The lowest BCUT2D eigenvalue weighted by molar-refractivity contribution is -0.125. The van der Waals surface area contributed by atoms with Gasteiger partial charge in [-0.05, 0) is 12.8 Å². The highest BCUT2D eigenvalue weighted by Crippen LogP contribution is 2.06. The smallest absolute Gasteiger partial charge is 0.223 e. The van der Waals surface area contributed by atoms with Gasteiger partial charge < -0.3 is 15.5 Å². The molecular weight excluding hydrogens is 170 g/mol. The number of rotatable bonds is 6. The average Bonchev–Trinajstić information content (AvgIpc) is 2.16. The lowest BCUT2D eigenvalue weighted by Crippen LogP contribution is -2.37. The van der Waals surface area contributed by atoms with Gasteiger partial charge in [-0.3, -0.25) is 4.79 Å². The maximum absolute atomic E-state index is 11.3. The van der Waals surface area contributed by atoms with Gasteiger partial charge in [0.15, 0.2) is 0 Å². The molecule has 0 heterocycles. The molecule has 4 nitrogen and oxygen atoms in total. The molecule has 1 amide bonds. The molecule has 13 heavy (non-hydrogen) atoms. The Bertz CT molecular complexity index is 146. The molecular formula is C9H19NO3. The van der Waals surface area contributed by atoms with Gasteiger partial charge in [-0.2, -0.15) is 0 Å². The van der Waals surface area contributed by atoms with E-state index in [1.165, 1.54) is 0 Å². The Labute approximate surface area is 79.0 Å². The summed E-state index contributed by atoms with van der Waals surface area (Å²) in [5.41, 5.74) is 0. The third kappa shape index (κ3) is 4.85. The summed E-state index contributed by atoms with van der Waals surface area (Å²) < 4.78 is 0. The van der Waals surface area contributed by atoms with Crippen molar-refractivity contribution in [3.63, 3.8) is 0 Å². The fourth-order valence-electron chi connectivity index (χ4n) is 1.09. The number of aliphatic hydroxyl groups is 2. The number of nitrogens with one attached hydrogen (secondary N) is 1. The van der Waals surface area contributed by atoms with Crippen molar-refractivity contribution in [3.8, 4) is 0 Å². The van der Waals surface area contributed by atoms with E-state index in [4.69, 9.17) is 10.2 Å². The zero-order valence-electron chi connectivity index (χ0n) is 8.29. The Morgan fingerprint density at radius 1 is 1.38 bits per heavy atom. The topological polar surface area (TPSA) is 69.6 Å². The highest BCUT2D eigenvalue weighted by Gasteiger charge is 2.14. The monoisotopic (exact) mass is 189 g/mol. The second-order valence-corrected chi connectivity index (χ2v) is 3.09. The van der Waals surface area contributed by atoms with Crippen LogP contribution in [0.5, 0.6) is 0 Å². The SMILES string of the molecule is CCC(CC)C(=O)NCC(O)CO. The maximum Gasteiger partial charge on any atom is 0.223 e. The van der Waals surface area contributed by atoms with Crippen molar-refractivity contribution in [1.82, 2.24) is 5.32 Å². The predicted octanol–water partition coefficient (Wildman–Crippen LogP) is -0.108. The van der Waals surface area contributed by atoms with Crippen molar-refractivity contribution in [2.75, 3.05) is 13.2 Å². The number of hydrogen-bond donors (Lipinski definition) is 3. The number of carbonyl (C=O) groups excluding carboxylic acids is 1. The Balaban J connectivity index is 3.72. The molecule has 4 heteroatoms. The summed E-state index contributed by atoms with van der Waals surface area (Å²) in [6.07, 6.45) is 0.757. The Hall–Kier alpha value is -0.610.